The van der Waals surface area contributed by atoms with E-state index >= 15 is 0 Å². The molecular formula is C20H18F2N4O3. The Labute approximate surface area is 165 Å². The van der Waals surface area contributed by atoms with Gasteiger partial charge in [-0.05, 0) is 18.2 Å². The zero-order valence-electron chi connectivity index (χ0n) is 15.6. The van der Waals surface area contributed by atoms with Crippen LogP contribution in [0.25, 0.3) is 11.1 Å². The van der Waals surface area contributed by atoms with Gasteiger partial charge < -0.3 is 15.2 Å². The van der Waals surface area contributed by atoms with Crippen LogP contribution in [0.3, 0.4) is 0 Å². The topological polar surface area (TPSA) is 90.0 Å². The maximum Gasteiger partial charge on any atom is 0.262 e. The highest BCUT2D eigenvalue weighted by atomic mass is 19.1. The number of hydrogen-bond acceptors (Lipinski definition) is 6. The molecule has 9 heteroatoms. The lowest BCUT2D eigenvalue weighted by molar-refractivity contribution is -0.141. The van der Waals surface area contributed by atoms with Crippen LogP contribution in [0.4, 0.5) is 8.78 Å². The van der Waals surface area contributed by atoms with Crippen molar-refractivity contribution in [1.29, 1.82) is 0 Å². The van der Waals surface area contributed by atoms with Crippen molar-refractivity contribution >= 4 is 11.9 Å². The first kappa shape index (κ1) is 18.0. The van der Waals surface area contributed by atoms with E-state index in [1.54, 1.807) is 0 Å². The first-order chi connectivity index (χ1) is 13.9. The number of carbonyl (C=O) groups excluding carboxylic acids is 1. The molecule has 0 bridgehead atoms. The van der Waals surface area contributed by atoms with Crippen LogP contribution in [0, 0.1) is 17.7 Å². The number of rotatable bonds is 1. The molecule has 150 valence electrons. The van der Waals surface area contributed by atoms with E-state index in [2.05, 4.69) is 9.98 Å². The predicted octanol–water partition coefficient (Wildman–Crippen LogP) is 1.81. The van der Waals surface area contributed by atoms with Crippen LogP contribution in [-0.2, 0) is 15.1 Å². The number of amides is 1. The second-order valence-corrected chi connectivity index (χ2v) is 7.40. The molecule has 1 saturated heterocycles. The highest BCUT2D eigenvalue weighted by molar-refractivity contribution is 6.07. The lowest BCUT2D eigenvalue weighted by Crippen LogP contribution is -2.56. The Bertz CT molecular complexity index is 1060. The third kappa shape index (κ3) is 2.40. The lowest BCUT2D eigenvalue weighted by atomic mass is 9.71. The number of halogens is 2. The van der Waals surface area contributed by atoms with Crippen molar-refractivity contribution in [3.05, 3.63) is 47.8 Å². The first-order valence-corrected chi connectivity index (χ1v) is 9.26. The van der Waals surface area contributed by atoms with Gasteiger partial charge in [-0.15, -0.1) is 0 Å². The molecule has 1 aromatic carbocycles. The van der Waals surface area contributed by atoms with E-state index < -0.39 is 23.2 Å². The zero-order chi connectivity index (χ0) is 20.3. The summed E-state index contributed by atoms with van der Waals surface area (Å²) in [4.78, 5) is 22.8. The smallest absolute Gasteiger partial charge is 0.262 e. The molecule has 0 aliphatic carbocycles. The number of guanidine groups is 1. The van der Waals surface area contributed by atoms with Gasteiger partial charge in [0.1, 0.15) is 17.7 Å². The molecule has 2 unspecified atom stereocenters. The minimum atomic E-state index is -1.40. The maximum absolute atomic E-state index is 14.9. The minimum absolute atomic E-state index is 0.0132. The second-order valence-electron chi connectivity index (χ2n) is 7.40. The summed E-state index contributed by atoms with van der Waals surface area (Å²) in [6.45, 7) is 0.714. The predicted molar refractivity (Wildman–Crippen MR) is 99.0 cm³/mol. The van der Waals surface area contributed by atoms with Crippen LogP contribution >= 0.6 is 0 Å². The van der Waals surface area contributed by atoms with Gasteiger partial charge >= 0.3 is 0 Å². The van der Waals surface area contributed by atoms with E-state index in [1.807, 2.05) is 0 Å². The number of nitrogens with two attached hydrogens (primary N) is 1. The summed E-state index contributed by atoms with van der Waals surface area (Å²) in [5, 5.41) is 0. The third-order valence-corrected chi connectivity index (χ3v) is 5.90. The van der Waals surface area contributed by atoms with Gasteiger partial charge in [0.25, 0.3) is 5.91 Å². The molecule has 0 radical (unpaired) electrons. The van der Waals surface area contributed by atoms with E-state index in [-0.39, 0.29) is 41.5 Å². The van der Waals surface area contributed by atoms with Gasteiger partial charge in [-0.3, -0.25) is 9.69 Å². The molecule has 1 aromatic heterocycles. The molecule has 29 heavy (non-hydrogen) atoms. The fourth-order valence-corrected chi connectivity index (χ4v) is 4.44. The zero-order valence-corrected chi connectivity index (χ0v) is 15.6. The highest BCUT2D eigenvalue weighted by Gasteiger charge is 2.60. The molecule has 0 saturated carbocycles. The molecule has 1 amide bonds. The molecular weight excluding hydrogens is 382 g/mol. The van der Waals surface area contributed by atoms with E-state index in [9.17, 15) is 13.6 Å². The average Bonchev–Trinajstić information content (AvgIpc) is 2.93. The Morgan fingerprint density at radius 2 is 2.14 bits per heavy atom. The number of benzene rings is 1. The van der Waals surface area contributed by atoms with Crippen molar-refractivity contribution in [1.82, 2.24) is 9.88 Å². The number of fused-ring (bicyclic) bond motifs is 4. The Kier molecular flexibility index (Phi) is 3.86. The molecule has 1 fully saturated rings. The van der Waals surface area contributed by atoms with Crippen LogP contribution in [0.15, 0.2) is 35.5 Å². The van der Waals surface area contributed by atoms with Crippen LogP contribution < -0.4 is 10.5 Å². The van der Waals surface area contributed by atoms with E-state index in [1.165, 1.54) is 42.4 Å². The monoisotopic (exact) mass is 400 g/mol. The van der Waals surface area contributed by atoms with Crippen molar-refractivity contribution in [3.8, 4) is 16.9 Å². The van der Waals surface area contributed by atoms with Gasteiger partial charge in [0.2, 0.25) is 5.95 Å². The summed E-state index contributed by atoms with van der Waals surface area (Å²) < 4.78 is 40.9. The Morgan fingerprint density at radius 1 is 1.31 bits per heavy atom. The molecule has 3 aliphatic heterocycles. The van der Waals surface area contributed by atoms with Gasteiger partial charge in [0.05, 0.1) is 19.1 Å². The summed E-state index contributed by atoms with van der Waals surface area (Å²) in [5.74, 6) is -1.99. The van der Waals surface area contributed by atoms with E-state index in [0.717, 1.165) is 0 Å². The largest absolute Gasteiger partial charge is 0.489 e. The number of pyridine rings is 1. The Morgan fingerprint density at radius 3 is 2.86 bits per heavy atom. The Balaban J connectivity index is 1.78. The molecule has 4 heterocycles. The molecule has 2 N–H and O–H groups in total. The van der Waals surface area contributed by atoms with Crippen LogP contribution in [0.5, 0.6) is 5.75 Å². The molecule has 5 rings (SSSR count). The SMILES string of the molecule is CN1C(=O)[C@]2(N=C1N)c1cc(-c3cccnc3F)c(F)cc1OC1CCOCC12. The molecule has 1 spiro atoms. The number of nitrogens with zero attached hydrogens (tertiary/aromatic N) is 3. The number of likely N-dealkylation sites (N-methyl/N-ethyl adjacent to an activating group) is 1. The number of hydrogen-bond donors (Lipinski definition) is 1. The average molecular weight is 400 g/mol. The van der Waals surface area contributed by atoms with Crippen LogP contribution in [-0.4, -0.2) is 48.1 Å². The van der Waals surface area contributed by atoms with Gasteiger partial charge in [-0.2, -0.15) is 4.39 Å². The first-order valence-electron chi connectivity index (χ1n) is 9.26. The second kappa shape index (κ2) is 6.21. The van der Waals surface area contributed by atoms with Gasteiger partial charge in [0, 0.05) is 42.4 Å². The van der Waals surface area contributed by atoms with Crippen molar-refractivity contribution in [2.45, 2.75) is 18.1 Å². The molecule has 2 aromatic rings. The van der Waals surface area contributed by atoms with Crippen molar-refractivity contribution in [2.75, 3.05) is 20.3 Å². The quantitative estimate of drug-likeness (QED) is 0.738. The normalized spacial score (nSPS) is 28.0. The molecule has 7 nitrogen and oxygen atoms in total. The maximum atomic E-state index is 14.9. The summed E-state index contributed by atoms with van der Waals surface area (Å²) in [7, 11) is 1.54. The number of carbonyl (C=O) groups is 1. The Hall–Kier alpha value is -3.07. The van der Waals surface area contributed by atoms with Crippen LogP contribution in [0.1, 0.15) is 12.0 Å². The van der Waals surface area contributed by atoms with Gasteiger partial charge in [-0.25, -0.2) is 14.4 Å². The van der Waals surface area contributed by atoms with Crippen molar-refractivity contribution < 1.29 is 23.0 Å². The van der Waals surface area contributed by atoms with Crippen molar-refractivity contribution in [2.24, 2.45) is 16.6 Å². The summed E-state index contributed by atoms with van der Waals surface area (Å²) in [6, 6.07) is 5.54. The lowest BCUT2D eigenvalue weighted by Gasteiger charge is -2.45. The number of ether oxygens (including phenoxy) is 2. The van der Waals surface area contributed by atoms with Crippen molar-refractivity contribution in [3.63, 3.8) is 0 Å². The summed E-state index contributed by atoms with van der Waals surface area (Å²) in [6.07, 6.45) is 1.45. The molecule has 3 aliphatic rings. The van der Waals surface area contributed by atoms with E-state index in [0.29, 0.717) is 18.6 Å². The summed E-state index contributed by atoms with van der Waals surface area (Å²) in [5.41, 5.74) is 4.89. The third-order valence-electron chi connectivity index (χ3n) is 5.90. The van der Waals surface area contributed by atoms with Gasteiger partial charge in [-0.1, -0.05) is 0 Å². The minimum Gasteiger partial charge on any atom is -0.489 e. The van der Waals surface area contributed by atoms with Gasteiger partial charge in [0.15, 0.2) is 11.5 Å². The fourth-order valence-electron chi connectivity index (χ4n) is 4.44. The van der Waals surface area contributed by atoms with E-state index in [4.69, 9.17) is 15.2 Å². The summed E-state index contributed by atoms with van der Waals surface area (Å²) >= 11 is 0. The van der Waals surface area contributed by atoms with Crippen LogP contribution in [0.2, 0.25) is 0 Å². The number of aliphatic imine (C=N–C) groups is 1. The fraction of sp³-hybridized carbons (Fsp3) is 0.350. The number of aromatic nitrogens is 1. The molecule has 3 atom stereocenters. The highest BCUT2D eigenvalue weighted by Crippen LogP contribution is 2.52. The standard InChI is InChI=1S/C20H18F2N4O3/c1-26-18(27)20(25-19(26)23)12-7-11(10-3-2-5-24-17(10)22)14(21)8-16(12)29-15-4-6-28-9-13(15)20/h2-3,5,7-8,13,15H,4,6,9H2,1H3,(H2,23,25)/t13?,15?,20-/m0/s1.